The topological polar surface area (TPSA) is 72.0 Å². The van der Waals surface area contributed by atoms with Gasteiger partial charge in [-0.3, -0.25) is 4.98 Å². The maximum atomic E-state index is 13.7. The predicted molar refractivity (Wildman–Crippen MR) is 114 cm³/mol. The molecular weight excluding hydrogens is 444 g/mol. The first-order valence-electron chi connectivity index (χ1n) is 9.15. The van der Waals surface area contributed by atoms with Crippen LogP contribution >= 0.6 is 23.4 Å². The van der Waals surface area contributed by atoms with Crippen molar-refractivity contribution in [2.24, 2.45) is 0 Å². The second-order valence-corrected chi connectivity index (χ2v) is 8.62. The number of nitrogens with zero attached hydrogens (tertiary/aromatic N) is 3. The van der Waals surface area contributed by atoms with Gasteiger partial charge in [0.2, 0.25) is 5.89 Å². The molecule has 9 heteroatoms. The Morgan fingerprint density at radius 1 is 0.968 bits per heavy atom. The zero-order chi connectivity index (χ0) is 22.2. The van der Waals surface area contributed by atoms with Crippen LogP contribution in [0, 0.1) is 11.6 Å². The van der Waals surface area contributed by atoms with Crippen LogP contribution in [0.1, 0.15) is 19.5 Å². The average Bonchev–Trinajstić information content (AvgIpc) is 3.15. The summed E-state index contributed by atoms with van der Waals surface area (Å²) in [6, 6.07) is 10.3. The molecule has 0 bridgehead atoms. The minimum absolute atomic E-state index is 0.122. The van der Waals surface area contributed by atoms with E-state index in [4.69, 9.17) is 16.0 Å². The standard InChI is InChI=1S/C22H16ClF2N3O2S/c1-22(2,29)17-7-4-13(10-26-17)19-21(31-18-8-5-14(23)11-27-18)30-20(28-19)12-3-6-15(24)16(25)9-12/h3-11,29H,1-2H3. The summed E-state index contributed by atoms with van der Waals surface area (Å²) in [6.07, 6.45) is 3.08. The highest BCUT2D eigenvalue weighted by Crippen LogP contribution is 2.38. The van der Waals surface area contributed by atoms with Crippen molar-refractivity contribution in [2.75, 3.05) is 0 Å². The van der Waals surface area contributed by atoms with Gasteiger partial charge in [0.15, 0.2) is 16.7 Å². The van der Waals surface area contributed by atoms with Gasteiger partial charge in [0.25, 0.3) is 0 Å². The lowest BCUT2D eigenvalue weighted by Crippen LogP contribution is -2.17. The molecule has 3 heterocycles. The van der Waals surface area contributed by atoms with E-state index in [2.05, 4.69) is 15.0 Å². The molecule has 4 aromatic rings. The van der Waals surface area contributed by atoms with E-state index in [1.807, 2.05) is 0 Å². The molecule has 0 unspecified atom stereocenters. The Morgan fingerprint density at radius 3 is 2.35 bits per heavy atom. The van der Waals surface area contributed by atoms with Crippen LogP contribution in [-0.2, 0) is 5.60 Å². The maximum Gasteiger partial charge on any atom is 0.228 e. The first kappa shape index (κ1) is 21.4. The van der Waals surface area contributed by atoms with Crippen molar-refractivity contribution in [3.05, 3.63) is 77.2 Å². The summed E-state index contributed by atoms with van der Waals surface area (Å²) in [4.78, 5) is 13.1. The van der Waals surface area contributed by atoms with Crippen LogP contribution in [0.2, 0.25) is 5.02 Å². The Labute approximate surface area is 186 Å². The van der Waals surface area contributed by atoms with E-state index in [1.165, 1.54) is 24.0 Å². The highest BCUT2D eigenvalue weighted by molar-refractivity contribution is 7.99. The molecule has 0 atom stereocenters. The predicted octanol–water partition coefficient (Wildman–Crippen LogP) is 6.11. The lowest BCUT2D eigenvalue weighted by atomic mass is 10.0. The van der Waals surface area contributed by atoms with Crippen molar-refractivity contribution in [3.63, 3.8) is 0 Å². The maximum absolute atomic E-state index is 13.7. The molecule has 0 saturated heterocycles. The van der Waals surface area contributed by atoms with Crippen molar-refractivity contribution in [1.82, 2.24) is 15.0 Å². The number of rotatable bonds is 5. The molecule has 0 radical (unpaired) electrons. The van der Waals surface area contributed by atoms with Crippen molar-refractivity contribution >= 4 is 23.4 Å². The van der Waals surface area contributed by atoms with E-state index in [0.717, 1.165) is 12.1 Å². The molecule has 31 heavy (non-hydrogen) atoms. The Hall–Kier alpha value is -2.81. The molecule has 0 aliphatic heterocycles. The quantitative estimate of drug-likeness (QED) is 0.388. The van der Waals surface area contributed by atoms with E-state index in [-0.39, 0.29) is 11.5 Å². The fourth-order valence-corrected chi connectivity index (χ4v) is 3.65. The van der Waals surface area contributed by atoms with Crippen molar-refractivity contribution in [3.8, 4) is 22.7 Å². The third-order valence-corrected chi connectivity index (χ3v) is 5.46. The molecule has 1 aromatic carbocycles. The number of pyridine rings is 2. The minimum Gasteiger partial charge on any atom is -0.429 e. The molecule has 0 aliphatic carbocycles. The SMILES string of the molecule is CC(C)(O)c1ccc(-c2nc(-c3ccc(F)c(F)c3)oc2Sc2ccc(Cl)cn2)cn1. The Kier molecular flexibility index (Phi) is 5.79. The van der Waals surface area contributed by atoms with Gasteiger partial charge in [-0.05, 0) is 68.1 Å². The third-order valence-electron chi connectivity index (χ3n) is 4.32. The summed E-state index contributed by atoms with van der Waals surface area (Å²) >= 11 is 7.11. The molecule has 158 valence electrons. The number of aliphatic hydroxyl groups is 1. The van der Waals surface area contributed by atoms with Crippen LogP contribution in [0.25, 0.3) is 22.7 Å². The molecule has 0 spiro atoms. The third kappa shape index (κ3) is 4.76. The highest BCUT2D eigenvalue weighted by atomic mass is 35.5. The van der Waals surface area contributed by atoms with E-state index in [0.29, 0.717) is 32.1 Å². The first-order valence-corrected chi connectivity index (χ1v) is 10.3. The number of hydrogen-bond donors (Lipinski definition) is 1. The van der Waals surface area contributed by atoms with Crippen LogP contribution in [0.4, 0.5) is 8.78 Å². The van der Waals surface area contributed by atoms with E-state index in [9.17, 15) is 13.9 Å². The Balaban J connectivity index is 1.78. The number of aromatic nitrogens is 3. The van der Waals surface area contributed by atoms with Crippen LogP contribution in [0.15, 0.2) is 69.4 Å². The summed E-state index contributed by atoms with van der Waals surface area (Å²) in [6.45, 7) is 3.28. The number of halogens is 3. The van der Waals surface area contributed by atoms with Gasteiger partial charge in [0.05, 0.1) is 10.7 Å². The van der Waals surface area contributed by atoms with Gasteiger partial charge in [-0.25, -0.2) is 18.7 Å². The lowest BCUT2D eigenvalue weighted by Gasteiger charge is -2.16. The smallest absolute Gasteiger partial charge is 0.228 e. The molecule has 0 aliphatic rings. The van der Waals surface area contributed by atoms with Crippen LogP contribution < -0.4 is 0 Å². The molecule has 3 aromatic heterocycles. The zero-order valence-electron chi connectivity index (χ0n) is 16.4. The second-order valence-electron chi connectivity index (χ2n) is 7.19. The number of hydrogen-bond acceptors (Lipinski definition) is 6. The van der Waals surface area contributed by atoms with Crippen LogP contribution in [0.3, 0.4) is 0 Å². The normalized spacial score (nSPS) is 11.7. The summed E-state index contributed by atoms with van der Waals surface area (Å²) in [5, 5.41) is 11.6. The van der Waals surface area contributed by atoms with Crippen molar-refractivity contribution in [2.45, 2.75) is 29.6 Å². The largest absolute Gasteiger partial charge is 0.429 e. The van der Waals surface area contributed by atoms with Crippen LogP contribution in [0.5, 0.6) is 0 Å². The van der Waals surface area contributed by atoms with Crippen molar-refractivity contribution in [1.29, 1.82) is 0 Å². The fraction of sp³-hybridized carbons (Fsp3) is 0.136. The summed E-state index contributed by atoms with van der Waals surface area (Å²) < 4.78 is 33.0. The monoisotopic (exact) mass is 459 g/mol. The number of oxazole rings is 1. The van der Waals surface area contributed by atoms with E-state index in [1.54, 1.807) is 44.3 Å². The minimum atomic E-state index is -1.09. The summed E-state index contributed by atoms with van der Waals surface area (Å²) in [7, 11) is 0. The highest BCUT2D eigenvalue weighted by Gasteiger charge is 2.22. The Bertz CT molecular complexity index is 1220. The summed E-state index contributed by atoms with van der Waals surface area (Å²) in [5.41, 5.74) is 0.772. The van der Waals surface area contributed by atoms with Gasteiger partial charge < -0.3 is 9.52 Å². The van der Waals surface area contributed by atoms with Gasteiger partial charge in [0, 0.05) is 23.5 Å². The van der Waals surface area contributed by atoms with E-state index < -0.39 is 17.2 Å². The molecular formula is C22H16ClF2N3O2S. The van der Waals surface area contributed by atoms with Crippen LogP contribution in [-0.4, -0.2) is 20.1 Å². The van der Waals surface area contributed by atoms with Crippen molar-refractivity contribution < 1.29 is 18.3 Å². The molecule has 4 rings (SSSR count). The van der Waals surface area contributed by atoms with E-state index >= 15 is 0 Å². The molecule has 1 N–H and O–H groups in total. The van der Waals surface area contributed by atoms with Gasteiger partial charge in [-0.15, -0.1) is 0 Å². The average molecular weight is 460 g/mol. The number of benzene rings is 1. The first-order chi connectivity index (χ1) is 14.7. The molecule has 0 fully saturated rings. The van der Waals surface area contributed by atoms with Gasteiger partial charge in [0.1, 0.15) is 16.3 Å². The summed E-state index contributed by atoms with van der Waals surface area (Å²) in [5.74, 6) is -1.83. The van der Waals surface area contributed by atoms with Gasteiger partial charge >= 0.3 is 0 Å². The van der Waals surface area contributed by atoms with Gasteiger partial charge in [-0.2, -0.15) is 0 Å². The lowest BCUT2D eigenvalue weighted by molar-refractivity contribution is 0.0739. The van der Waals surface area contributed by atoms with Gasteiger partial charge in [-0.1, -0.05) is 11.6 Å². The fourth-order valence-electron chi connectivity index (χ4n) is 2.72. The molecule has 0 amide bonds. The molecule has 5 nitrogen and oxygen atoms in total. The Morgan fingerprint density at radius 2 is 1.74 bits per heavy atom. The zero-order valence-corrected chi connectivity index (χ0v) is 18.0. The molecule has 0 saturated carbocycles. The second kappa shape index (κ2) is 8.37.